The van der Waals surface area contributed by atoms with Crippen molar-refractivity contribution in [2.75, 3.05) is 24.5 Å². The van der Waals surface area contributed by atoms with Gasteiger partial charge in [0.25, 0.3) is 5.91 Å². The lowest BCUT2D eigenvalue weighted by atomic mass is 9.86. The van der Waals surface area contributed by atoms with Gasteiger partial charge in [0, 0.05) is 23.7 Å². The second kappa shape index (κ2) is 9.08. The summed E-state index contributed by atoms with van der Waals surface area (Å²) in [5, 5.41) is 6.43. The Hall–Kier alpha value is -2.54. The summed E-state index contributed by atoms with van der Waals surface area (Å²) in [6, 6.07) is 0.197. The van der Waals surface area contributed by atoms with Crippen LogP contribution in [0.5, 0.6) is 0 Å². The fourth-order valence-corrected chi connectivity index (χ4v) is 4.35. The molecule has 0 bridgehead atoms. The number of piperidine rings is 1. The normalized spacial score (nSPS) is 22.7. The monoisotopic (exact) mass is 410 g/mol. The zero-order valence-electron chi connectivity index (χ0n) is 19.0. The highest BCUT2D eigenvalue weighted by Gasteiger charge is 2.39. The predicted molar refractivity (Wildman–Crippen MR) is 122 cm³/mol. The van der Waals surface area contributed by atoms with Crippen molar-refractivity contribution in [2.24, 2.45) is 10.4 Å². The Morgan fingerprint density at radius 1 is 1.27 bits per heavy atom. The number of nitrogens with one attached hydrogen (secondary N) is 2. The number of anilines is 1. The molecule has 3 rings (SSSR count). The molecular weight excluding hydrogens is 376 g/mol. The minimum absolute atomic E-state index is 0.00211. The second-order valence-electron chi connectivity index (χ2n) is 8.67. The third-order valence-corrected chi connectivity index (χ3v) is 5.94. The molecule has 2 N–H and O–H groups in total. The Labute approximate surface area is 179 Å². The van der Waals surface area contributed by atoms with Gasteiger partial charge in [-0.15, -0.1) is 0 Å². The SMILES string of the molecule is C/C=C1\C(=C/C)N(c2ncnc(C)c2N=C(C)C(=O)NC2CCNCC2)CC1(C)C. The van der Waals surface area contributed by atoms with E-state index in [0.29, 0.717) is 11.4 Å². The highest BCUT2D eigenvalue weighted by atomic mass is 16.1. The van der Waals surface area contributed by atoms with Crippen LogP contribution in [0.2, 0.25) is 0 Å². The number of carbonyl (C=O) groups is 1. The van der Waals surface area contributed by atoms with Gasteiger partial charge in [0.1, 0.15) is 17.7 Å². The molecule has 0 saturated carbocycles. The first-order valence-electron chi connectivity index (χ1n) is 10.8. The molecule has 0 spiro atoms. The van der Waals surface area contributed by atoms with E-state index < -0.39 is 0 Å². The van der Waals surface area contributed by atoms with Gasteiger partial charge in [0.2, 0.25) is 0 Å². The molecule has 2 aliphatic heterocycles. The van der Waals surface area contributed by atoms with Gasteiger partial charge < -0.3 is 15.5 Å². The Balaban J connectivity index is 1.93. The first-order chi connectivity index (χ1) is 14.3. The van der Waals surface area contributed by atoms with Crippen LogP contribution in [0.25, 0.3) is 0 Å². The number of allylic oxidation sites excluding steroid dienone is 3. The quantitative estimate of drug-likeness (QED) is 0.743. The number of aromatic nitrogens is 2. The Kier molecular flexibility index (Phi) is 6.71. The number of hydrogen-bond acceptors (Lipinski definition) is 6. The minimum atomic E-state index is -0.127. The summed E-state index contributed by atoms with van der Waals surface area (Å²) in [5.41, 5.74) is 4.27. The number of aryl methyl sites for hydroxylation is 1. The summed E-state index contributed by atoms with van der Waals surface area (Å²) in [6.45, 7) is 14.9. The molecule has 30 heavy (non-hydrogen) atoms. The van der Waals surface area contributed by atoms with E-state index in [1.807, 2.05) is 13.8 Å². The van der Waals surface area contributed by atoms with E-state index in [-0.39, 0.29) is 17.4 Å². The Morgan fingerprint density at radius 3 is 2.60 bits per heavy atom. The molecule has 1 aromatic rings. The predicted octanol–water partition coefficient (Wildman–Crippen LogP) is 3.44. The Bertz CT molecular complexity index is 893. The molecule has 0 aliphatic carbocycles. The summed E-state index contributed by atoms with van der Waals surface area (Å²) in [5.74, 6) is 0.618. The molecule has 3 heterocycles. The van der Waals surface area contributed by atoms with Crippen molar-refractivity contribution in [1.82, 2.24) is 20.6 Å². The first-order valence-corrected chi connectivity index (χ1v) is 10.8. The topological polar surface area (TPSA) is 82.5 Å². The Morgan fingerprint density at radius 2 is 1.97 bits per heavy atom. The molecule has 162 valence electrons. The smallest absolute Gasteiger partial charge is 0.265 e. The standard InChI is InChI=1S/C23H34N6O/c1-7-18-19(8-2)29(13-23(18,5)6)21-20(15(3)25-14-26-21)27-16(4)22(30)28-17-9-11-24-12-10-17/h7-8,14,17,24H,9-13H2,1-6H3,(H,28,30)/b18-7+,19-8+,27-16?. The number of hydrogen-bond donors (Lipinski definition) is 2. The van der Waals surface area contributed by atoms with Crippen molar-refractivity contribution >= 4 is 23.1 Å². The van der Waals surface area contributed by atoms with E-state index in [1.54, 1.807) is 13.3 Å². The van der Waals surface area contributed by atoms with E-state index in [2.05, 4.69) is 58.4 Å². The molecule has 7 nitrogen and oxygen atoms in total. The van der Waals surface area contributed by atoms with Crippen LogP contribution in [0.3, 0.4) is 0 Å². The van der Waals surface area contributed by atoms with Gasteiger partial charge in [-0.3, -0.25) is 4.79 Å². The molecule has 1 aromatic heterocycles. The largest absolute Gasteiger partial charge is 0.348 e. The molecule has 0 unspecified atom stereocenters. The van der Waals surface area contributed by atoms with E-state index in [1.165, 1.54) is 5.57 Å². The number of carbonyl (C=O) groups excluding carboxylic acids is 1. The number of nitrogens with zero attached hydrogens (tertiary/aromatic N) is 4. The van der Waals surface area contributed by atoms with Crippen LogP contribution in [0.1, 0.15) is 53.2 Å². The highest BCUT2D eigenvalue weighted by molar-refractivity contribution is 6.38. The fraction of sp³-hybridized carbons (Fsp3) is 0.565. The van der Waals surface area contributed by atoms with Crippen LogP contribution in [-0.4, -0.2) is 47.3 Å². The average Bonchev–Trinajstić information content (AvgIpc) is 2.99. The molecule has 7 heteroatoms. The summed E-state index contributed by atoms with van der Waals surface area (Å²) >= 11 is 0. The van der Waals surface area contributed by atoms with Gasteiger partial charge in [-0.25, -0.2) is 15.0 Å². The average molecular weight is 411 g/mol. The number of rotatable bonds is 4. The molecule has 0 radical (unpaired) electrons. The second-order valence-corrected chi connectivity index (χ2v) is 8.67. The van der Waals surface area contributed by atoms with E-state index >= 15 is 0 Å². The highest BCUT2D eigenvalue weighted by Crippen LogP contribution is 2.46. The van der Waals surface area contributed by atoms with Gasteiger partial charge in [-0.2, -0.15) is 0 Å². The molecule has 0 atom stereocenters. The van der Waals surface area contributed by atoms with Crippen LogP contribution < -0.4 is 15.5 Å². The number of amides is 1. The molecule has 1 amide bonds. The van der Waals surface area contributed by atoms with Crippen LogP contribution in [0, 0.1) is 12.3 Å². The molecule has 2 aliphatic rings. The van der Waals surface area contributed by atoms with Crippen molar-refractivity contribution < 1.29 is 4.79 Å². The van der Waals surface area contributed by atoms with Gasteiger partial charge in [0.15, 0.2) is 5.82 Å². The lowest BCUT2D eigenvalue weighted by molar-refractivity contribution is -0.115. The molecule has 2 fully saturated rings. The fourth-order valence-electron chi connectivity index (χ4n) is 4.35. The summed E-state index contributed by atoms with van der Waals surface area (Å²) < 4.78 is 0. The van der Waals surface area contributed by atoms with Crippen molar-refractivity contribution in [2.45, 2.75) is 60.4 Å². The summed E-state index contributed by atoms with van der Waals surface area (Å²) in [6.07, 6.45) is 7.74. The maximum atomic E-state index is 12.7. The zero-order chi connectivity index (χ0) is 21.9. The van der Waals surface area contributed by atoms with Crippen molar-refractivity contribution in [3.63, 3.8) is 0 Å². The van der Waals surface area contributed by atoms with E-state index in [0.717, 1.165) is 49.7 Å². The third kappa shape index (κ3) is 4.46. The summed E-state index contributed by atoms with van der Waals surface area (Å²) in [7, 11) is 0. The van der Waals surface area contributed by atoms with Crippen LogP contribution in [0.15, 0.2) is 34.7 Å². The van der Waals surface area contributed by atoms with E-state index in [9.17, 15) is 4.79 Å². The van der Waals surface area contributed by atoms with Gasteiger partial charge >= 0.3 is 0 Å². The van der Waals surface area contributed by atoms with Gasteiger partial charge in [-0.05, 0) is 59.2 Å². The lowest BCUT2D eigenvalue weighted by Gasteiger charge is -2.24. The van der Waals surface area contributed by atoms with Crippen molar-refractivity contribution in [1.29, 1.82) is 0 Å². The minimum Gasteiger partial charge on any atom is -0.348 e. The maximum absolute atomic E-state index is 12.7. The van der Waals surface area contributed by atoms with Crippen LogP contribution in [-0.2, 0) is 4.79 Å². The maximum Gasteiger partial charge on any atom is 0.265 e. The molecule has 2 saturated heterocycles. The number of aliphatic imine (C=N–C) groups is 1. The van der Waals surface area contributed by atoms with Crippen molar-refractivity contribution in [3.8, 4) is 0 Å². The first kappa shape index (κ1) is 22.2. The van der Waals surface area contributed by atoms with Crippen LogP contribution >= 0.6 is 0 Å². The third-order valence-electron chi connectivity index (χ3n) is 5.94. The van der Waals surface area contributed by atoms with Crippen molar-refractivity contribution in [3.05, 3.63) is 35.4 Å². The molecule has 0 aromatic carbocycles. The van der Waals surface area contributed by atoms with Gasteiger partial charge in [-0.1, -0.05) is 26.0 Å². The van der Waals surface area contributed by atoms with Gasteiger partial charge in [0.05, 0.1) is 5.69 Å². The van der Waals surface area contributed by atoms with E-state index in [4.69, 9.17) is 4.99 Å². The lowest BCUT2D eigenvalue weighted by Crippen LogP contribution is -2.44. The molecular formula is C23H34N6O. The summed E-state index contributed by atoms with van der Waals surface area (Å²) in [4.78, 5) is 28.6. The zero-order valence-corrected chi connectivity index (χ0v) is 19.0. The van der Waals surface area contributed by atoms with Crippen LogP contribution in [0.4, 0.5) is 11.5 Å².